The summed E-state index contributed by atoms with van der Waals surface area (Å²) in [6, 6.07) is 0. The molecule has 1 N–H and O–H groups in total. The van der Waals surface area contributed by atoms with Gasteiger partial charge in [-0.05, 0) is 43.6 Å². The number of carbonyl (C=O) groups excluding carboxylic acids is 3. The van der Waals surface area contributed by atoms with Gasteiger partial charge < -0.3 is 33.5 Å². The van der Waals surface area contributed by atoms with Crippen LogP contribution in [0.5, 0.6) is 0 Å². The Morgan fingerprint density at radius 1 is 1.13 bits per heavy atom. The predicted octanol–water partition coefficient (Wildman–Crippen LogP) is 2.90. The Kier molecular flexibility index (Phi) is 7.29. The van der Waals surface area contributed by atoms with Gasteiger partial charge in [0.1, 0.15) is 18.3 Å². The van der Waals surface area contributed by atoms with Crippen LogP contribution < -0.4 is 0 Å². The molecule has 10 heteroatoms. The van der Waals surface area contributed by atoms with Gasteiger partial charge in [0.25, 0.3) is 0 Å². The van der Waals surface area contributed by atoms with E-state index in [1.54, 1.807) is 13.2 Å². The highest BCUT2D eigenvalue weighted by molar-refractivity contribution is 5.72. The number of aliphatic hydroxyl groups excluding tert-OH is 1. The number of fused-ring (bicyclic) bond motifs is 3. The van der Waals surface area contributed by atoms with E-state index in [-0.39, 0.29) is 55.7 Å². The summed E-state index contributed by atoms with van der Waals surface area (Å²) in [5, 5.41) is 11.6. The first-order chi connectivity index (χ1) is 18.4. The maximum Gasteiger partial charge on any atom is 0.309 e. The molecule has 0 unspecified atom stereocenters. The molecule has 0 aromatic rings. The van der Waals surface area contributed by atoms with E-state index < -0.39 is 52.7 Å². The molecule has 0 aromatic heterocycles. The molecule has 4 fully saturated rings. The third kappa shape index (κ3) is 4.28. The third-order valence-corrected chi connectivity index (χ3v) is 10.6. The van der Waals surface area contributed by atoms with Crippen LogP contribution in [0.4, 0.5) is 0 Å². The van der Waals surface area contributed by atoms with Gasteiger partial charge in [-0.2, -0.15) is 0 Å². The van der Waals surface area contributed by atoms with Crippen molar-refractivity contribution in [3.63, 3.8) is 0 Å². The second kappa shape index (κ2) is 10.0. The normalized spacial score (nSPS) is 46.5. The number of ether oxygens (including phenoxy) is 6. The fraction of sp³-hybridized carbons (Fsp3) is 0.828. The second-order valence-corrected chi connectivity index (χ2v) is 12.5. The number of epoxide rings is 1. The van der Waals surface area contributed by atoms with E-state index in [2.05, 4.69) is 13.8 Å². The Balaban J connectivity index is 1.62. The van der Waals surface area contributed by atoms with Crippen LogP contribution in [-0.2, 0) is 42.8 Å². The topological polar surface area (TPSA) is 130 Å². The van der Waals surface area contributed by atoms with E-state index in [9.17, 15) is 19.5 Å². The highest BCUT2D eigenvalue weighted by atomic mass is 16.7. The lowest BCUT2D eigenvalue weighted by molar-refractivity contribution is -0.284. The molecule has 12 atom stereocenters. The van der Waals surface area contributed by atoms with Gasteiger partial charge in [0.05, 0.1) is 36.4 Å². The molecule has 218 valence electrons. The Labute approximate surface area is 229 Å². The lowest BCUT2D eigenvalue weighted by Gasteiger charge is -2.65. The van der Waals surface area contributed by atoms with Crippen molar-refractivity contribution in [1.29, 1.82) is 0 Å². The summed E-state index contributed by atoms with van der Waals surface area (Å²) in [5.41, 5.74) is -2.81. The van der Waals surface area contributed by atoms with Crippen LogP contribution in [0, 0.1) is 34.5 Å². The van der Waals surface area contributed by atoms with Crippen LogP contribution in [0.25, 0.3) is 0 Å². The first-order valence-corrected chi connectivity index (χ1v) is 14.2. The predicted molar refractivity (Wildman–Crippen MR) is 136 cm³/mol. The van der Waals surface area contributed by atoms with Crippen LogP contribution in [0.1, 0.15) is 67.2 Å². The van der Waals surface area contributed by atoms with E-state index in [0.717, 1.165) is 6.42 Å². The van der Waals surface area contributed by atoms with Gasteiger partial charge in [-0.25, -0.2) is 0 Å². The molecule has 2 aliphatic carbocycles. The fourth-order valence-corrected chi connectivity index (χ4v) is 8.01. The maximum absolute atomic E-state index is 13.0. The van der Waals surface area contributed by atoms with E-state index in [1.807, 2.05) is 13.0 Å². The van der Waals surface area contributed by atoms with Crippen LogP contribution >= 0.6 is 0 Å². The Morgan fingerprint density at radius 2 is 1.85 bits per heavy atom. The van der Waals surface area contributed by atoms with Crippen molar-refractivity contribution in [2.45, 2.75) is 104 Å². The van der Waals surface area contributed by atoms with Crippen LogP contribution in [-0.4, -0.2) is 72.5 Å². The van der Waals surface area contributed by atoms with Gasteiger partial charge in [0.2, 0.25) is 6.29 Å². The molecular weight excluding hydrogens is 508 g/mol. The van der Waals surface area contributed by atoms with Gasteiger partial charge in [-0.3, -0.25) is 14.4 Å². The van der Waals surface area contributed by atoms with Crippen LogP contribution in [0.2, 0.25) is 0 Å². The van der Waals surface area contributed by atoms with Gasteiger partial charge in [0.15, 0.2) is 6.10 Å². The first-order valence-electron chi connectivity index (χ1n) is 14.2. The van der Waals surface area contributed by atoms with Crippen molar-refractivity contribution in [2.24, 2.45) is 34.5 Å². The van der Waals surface area contributed by atoms with Gasteiger partial charge in [0, 0.05) is 25.2 Å². The Morgan fingerprint density at radius 3 is 2.44 bits per heavy atom. The lowest BCUT2D eigenvalue weighted by atomic mass is 9.41. The van der Waals surface area contributed by atoms with Crippen LogP contribution in [0.15, 0.2) is 12.3 Å². The number of carbonyl (C=O) groups is 3. The van der Waals surface area contributed by atoms with Gasteiger partial charge in [-0.1, -0.05) is 27.7 Å². The Bertz CT molecular complexity index is 1020. The number of aliphatic hydroxyl groups is 1. The largest absolute Gasteiger partial charge is 0.472 e. The molecule has 10 nitrogen and oxygen atoms in total. The van der Waals surface area contributed by atoms with E-state index in [0.29, 0.717) is 12.8 Å². The number of rotatable bonds is 7. The van der Waals surface area contributed by atoms with Crippen molar-refractivity contribution in [3.8, 4) is 0 Å². The highest BCUT2D eigenvalue weighted by Crippen LogP contribution is 2.70. The van der Waals surface area contributed by atoms with E-state index in [4.69, 9.17) is 28.4 Å². The smallest absolute Gasteiger partial charge is 0.309 e. The van der Waals surface area contributed by atoms with Gasteiger partial charge in [-0.15, -0.1) is 0 Å². The second-order valence-electron chi connectivity index (χ2n) is 12.5. The summed E-state index contributed by atoms with van der Waals surface area (Å²) in [6.07, 6.45) is 2.38. The zero-order valence-electron chi connectivity index (χ0n) is 23.7. The minimum absolute atomic E-state index is 0.00678. The van der Waals surface area contributed by atoms with Crippen molar-refractivity contribution in [3.05, 3.63) is 12.3 Å². The van der Waals surface area contributed by atoms with Crippen molar-refractivity contribution >= 4 is 17.9 Å². The van der Waals surface area contributed by atoms with Gasteiger partial charge >= 0.3 is 17.9 Å². The molecule has 3 aliphatic heterocycles. The maximum atomic E-state index is 13.0. The molecule has 3 heterocycles. The molecule has 1 spiro atoms. The molecular formula is C29H42O10. The standard InChI is InChI=1S/C29H42O10/c1-7-15(2)25(33)39-24-20(32)12-21-27(6,22-11-19-8-9-34-26(19)38-22)16(3)10-23(37-18(5)31)28(21,13-35-17(4)30)29(24)14-36-29/h8-9,15-16,19-24,26,32H,7,10-14H2,1-6H3/t15-,16+,19-,20+,21+,22-,23-,24-,26+,27-,28-,29+/m0/s1. The van der Waals surface area contributed by atoms with Crippen molar-refractivity contribution in [2.75, 3.05) is 13.2 Å². The lowest BCUT2D eigenvalue weighted by Crippen LogP contribution is -2.74. The molecule has 0 amide bonds. The summed E-state index contributed by atoms with van der Waals surface area (Å²) < 4.78 is 36.2. The molecule has 39 heavy (non-hydrogen) atoms. The zero-order valence-corrected chi connectivity index (χ0v) is 23.7. The highest BCUT2D eigenvalue weighted by Gasteiger charge is 2.81. The monoisotopic (exact) mass is 550 g/mol. The third-order valence-electron chi connectivity index (χ3n) is 10.6. The molecule has 2 saturated carbocycles. The molecule has 0 radical (unpaired) electrons. The number of esters is 3. The van der Waals surface area contributed by atoms with E-state index in [1.165, 1.54) is 13.8 Å². The SMILES string of the molecule is CC[C@H](C)C(=O)O[C@H]1[C@H](O)C[C@@H]2[C@@](C)([C@@H]3C[C@@H]4C=CO[C@@H]4O3)[C@H](C)C[C@H](OC(C)=O)[C@@]2(COC(C)=O)[C@@]12CO2. The first kappa shape index (κ1) is 28.4. The fourth-order valence-electron chi connectivity index (χ4n) is 8.01. The zero-order chi connectivity index (χ0) is 28.3. The van der Waals surface area contributed by atoms with Crippen molar-refractivity contribution < 1.29 is 47.9 Å². The molecule has 5 rings (SSSR count). The minimum atomic E-state index is -1.19. The average Bonchev–Trinajstić information content (AvgIpc) is 3.36. The number of hydrogen-bond acceptors (Lipinski definition) is 10. The van der Waals surface area contributed by atoms with E-state index >= 15 is 0 Å². The summed E-state index contributed by atoms with van der Waals surface area (Å²) in [7, 11) is 0. The van der Waals surface area contributed by atoms with Crippen LogP contribution in [0.3, 0.4) is 0 Å². The summed E-state index contributed by atoms with van der Waals surface area (Å²) in [5.74, 6) is -1.97. The Hall–Kier alpha value is -2.17. The summed E-state index contributed by atoms with van der Waals surface area (Å²) >= 11 is 0. The molecule has 5 aliphatic rings. The summed E-state index contributed by atoms with van der Waals surface area (Å²) in [6.45, 7) is 10.7. The summed E-state index contributed by atoms with van der Waals surface area (Å²) in [4.78, 5) is 37.7. The van der Waals surface area contributed by atoms with Crippen molar-refractivity contribution in [1.82, 2.24) is 0 Å². The molecule has 0 aromatic carbocycles. The number of hydrogen-bond donors (Lipinski definition) is 1. The average molecular weight is 551 g/mol. The quantitative estimate of drug-likeness (QED) is 0.287. The molecule has 2 saturated heterocycles. The minimum Gasteiger partial charge on any atom is -0.472 e. The molecule has 0 bridgehead atoms.